The lowest BCUT2D eigenvalue weighted by atomic mass is 10.2. The average Bonchev–Trinajstić information content (AvgIpc) is 2.33. The van der Waals surface area contributed by atoms with Crippen molar-refractivity contribution in [2.75, 3.05) is 0 Å². The predicted octanol–water partition coefficient (Wildman–Crippen LogP) is 5.08. The first kappa shape index (κ1) is 15.7. The number of hydrogen-bond acceptors (Lipinski definition) is 0. The Balaban J connectivity index is 0. The first-order valence-corrected chi connectivity index (χ1v) is 5.89. The Kier molecular flexibility index (Phi) is 16.5. The quantitative estimate of drug-likeness (QED) is 0.615. The smallest absolute Gasteiger partial charge is 0.0307 e. The van der Waals surface area contributed by atoms with Gasteiger partial charge in [0.1, 0.15) is 0 Å². The van der Waals surface area contributed by atoms with Gasteiger partial charge in [0.25, 0.3) is 0 Å². The molecule has 0 unspecified atom stereocenters. The summed E-state index contributed by atoms with van der Waals surface area (Å²) < 4.78 is 0. The van der Waals surface area contributed by atoms with Crippen molar-refractivity contribution in [3.8, 4) is 0 Å². The molecule has 0 saturated carbocycles. The number of unbranched alkanes of at least 4 members (excludes halogenated alkanes) is 1. The van der Waals surface area contributed by atoms with Gasteiger partial charge in [-0.25, -0.2) is 0 Å². The molecule has 0 heterocycles. The molecule has 0 nitrogen and oxygen atoms in total. The van der Waals surface area contributed by atoms with E-state index in [-0.39, 0.29) is 0 Å². The number of benzene rings is 1. The molecule has 0 aliphatic carbocycles. The van der Waals surface area contributed by atoms with Crippen LogP contribution in [0.4, 0.5) is 0 Å². The Labute approximate surface area is 90.4 Å². The van der Waals surface area contributed by atoms with Gasteiger partial charge < -0.3 is 0 Å². The van der Waals surface area contributed by atoms with Crippen LogP contribution in [0.3, 0.4) is 0 Å². The molecule has 1 aromatic rings. The summed E-state index contributed by atoms with van der Waals surface area (Å²) in [6.45, 7) is 10.5. The van der Waals surface area contributed by atoms with Crippen LogP contribution in [0.5, 0.6) is 0 Å². The Hall–Kier alpha value is -0.780. The minimum Gasteiger partial charge on any atom is -0.0683 e. The monoisotopic (exact) mass is 194 g/mol. The minimum atomic E-state index is 1.14. The van der Waals surface area contributed by atoms with Gasteiger partial charge in [-0.05, 0) is 12.0 Å². The van der Waals surface area contributed by atoms with Gasteiger partial charge in [0.2, 0.25) is 0 Å². The zero-order valence-electron chi connectivity index (χ0n) is 10.5. The van der Waals surface area contributed by atoms with Gasteiger partial charge in [-0.1, -0.05) is 77.8 Å². The van der Waals surface area contributed by atoms with Crippen LogP contribution in [0, 0.1) is 0 Å². The highest BCUT2D eigenvalue weighted by Gasteiger charge is 1.79. The van der Waals surface area contributed by atoms with Crippen molar-refractivity contribution in [1.29, 1.82) is 0 Å². The van der Waals surface area contributed by atoms with E-state index >= 15 is 0 Å². The van der Waals surface area contributed by atoms with E-state index in [9.17, 15) is 0 Å². The van der Waals surface area contributed by atoms with E-state index < -0.39 is 0 Å². The zero-order chi connectivity index (χ0) is 11.2. The largest absolute Gasteiger partial charge is 0.0683 e. The van der Waals surface area contributed by atoms with Crippen LogP contribution in [0.15, 0.2) is 30.3 Å². The topological polar surface area (TPSA) is 0 Å². The van der Waals surface area contributed by atoms with Crippen molar-refractivity contribution >= 4 is 0 Å². The molecular formula is C14H26. The number of rotatable bonds is 2. The molecular weight excluding hydrogens is 168 g/mol. The van der Waals surface area contributed by atoms with Crippen LogP contribution in [0.1, 0.15) is 53.0 Å². The summed E-state index contributed by atoms with van der Waals surface area (Å²) in [5.41, 5.74) is 1.41. The standard InChI is InChI=1S/C8H10.C4H10.C2H6/c1-2-8-6-4-3-5-7-8;1-3-4-2;1-2/h3-7H,2H2,1H3;3-4H2,1-2H3;1-2H3. The molecule has 1 rings (SSSR count). The van der Waals surface area contributed by atoms with Crippen LogP contribution < -0.4 is 0 Å². The third-order valence-corrected chi connectivity index (χ3v) is 1.75. The van der Waals surface area contributed by atoms with E-state index in [0.717, 1.165) is 6.42 Å². The maximum Gasteiger partial charge on any atom is -0.0307 e. The highest BCUT2D eigenvalue weighted by molar-refractivity contribution is 5.13. The molecule has 0 radical (unpaired) electrons. The first-order valence-electron chi connectivity index (χ1n) is 5.89. The minimum absolute atomic E-state index is 1.14. The number of aryl methyl sites for hydroxylation is 1. The fourth-order valence-electron chi connectivity index (χ4n) is 0.714. The van der Waals surface area contributed by atoms with Crippen LogP contribution >= 0.6 is 0 Å². The third-order valence-electron chi connectivity index (χ3n) is 1.75. The Bertz CT molecular complexity index is 163. The second-order valence-electron chi connectivity index (χ2n) is 2.84. The molecule has 0 fully saturated rings. The molecule has 0 bridgehead atoms. The Morgan fingerprint density at radius 2 is 1.21 bits per heavy atom. The summed E-state index contributed by atoms with van der Waals surface area (Å²) >= 11 is 0. The summed E-state index contributed by atoms with van der Waals surface area (Å²) in [5, 5.41) is 0. The van der Waals surface area contributed by atoms with Crippen molar-refractivity contribution < 1.29 is 0 Å². The van der Waals surface area contributed by atoms with E-state index in [4.69, 9.17) is 0 Å². The summed E-state index contributed by atoms with van der Waals surface area (Å²) in [7, 11) is 0. The molecule has 0 aliphatic heterocycles. The van der Waals surface area contributed by atoms with Gasteiger partial charge in [-0.15, -0.1) is 0 Å². The molecule has 14 heavy (non-hydrogen) atoms. The molecule has 0 N–H and O–H groups in total. The van der Waals surface area contributed by atoms with Gasteiger partial charge in [-0.2, -0.15) is 0 Å². The van der Waals surface area contributed by atoms with Crippen LogP contribution in [0.25, 0.3) is 0 Å². The molecule has 1 aromatic carbocycles. The van der Waals surface area contributed by atoms with Crippen LogP contribution in [0.2, 0.25) is 0 Å². The maximum atomic E-state index is 2.18. The lowest BCUT2D eigenvalue weighted by Gasteiger charge is -1.89. The Morgan fingerprint density at radius 3 is 1.43 bits per heavy atom. The highest BCUT2D eigenvalue weighted by Crippen LogP contribution is 1.96. The fourth-order valence-corrected chi connectivity index (χ4v) is 0.714. The van der Waals surface area contributed by atoms with E-state index in [2.05, 4.69) is 45.0 Å². The zero-order valence-corrected chi connectivity index (χ0v) is 10.5. The summed E-state index contributed by atoms with van der Waals surface area (Å²) in [5.74, 6) is 0. The van der Waals surface area contributed by atoms with E-state index in [1.54, 1.807) is 0 Å². The summed E-state index contributed by atoms with van der Waals surface area (Å²) in [6, 6.07) is 10.5. The van der Waals surface area contributed by atoms with E-state index in [1.165, 1.54) is 18.4 Å². The van der Waals surface area contributed by atoms with Crippen molar-refractivity contribution in [1.82, 2.24) is 0 Å². The van der Waals surface area contributed by atoms with E-state index in [0.29, 0.717) is 0 Å². The third kappa shape index (κ3) is 11.2. The normalized spacial score (nSPS) is 7.79. The molecule has 0 atom stereocenters. The van der Waals surface area contributed by atoms with Gasteiger partial charge in [0, 0.05) is 0 Å². The SMILES string of the molecule is CC.CCCC.CCc1ccccc1. The average molecular weight is 194 g/mol. The van der Waals surface area contributed by atoms with Gasteiger partial charge in [0.15, 0.2) is 0 Å². The lowest BCUT2D eigenvalue weighted by Crippen LogP contribution is -1.73. The molecule has 0 heteroatoms. The van der Waals surface area contributed by atoms with Crippen molar-refractivity contribution in [3.63, 3.8) is 0 Å². The summed E-state index contributed by atoms with van der Waals surface area (Å²) in [4.78, 5) is 0. The highest BCUT2D eigenvalue weighted by atomic mass is 13.9. The van der Waals surface area contributed by atoms with Gasteiger partial charge in [-0.3, -0.25) is 0 Å². The molecule has 0 amide bonds. The summed E-state index contributed by atoms with van der Waals surface area (Å²) in [6.07, 6.45) is 3.78. The maximum absolute atomic E-state index is 2.18. The predicted molar refractivity (Wildman–Crippen MR) is 67.8 cm³/mol. The fraction of sp³-hybridized carbons (Fsp3) is 0.571. The second-order valence-corrected chi connectivity index (χ2v) is 2.84. The molecule has 82 valence electrons. The second kappa shape index (κ2) is 14.7. The van der Waals surface area contributed by atoms with Gasteiger partial charge in [0.05, 0.1) is 0 Å². The molecule has 0 aromatic heterocycles. The molecule has 0 saturated heterocycles. The molecule has 0 aliphatic rings. The van der Waals surface area contributed by atoms with Crippen molar-refractivity contribution in [2.24, 2.45) is 0 Å². The number of hydrogen-bond donors (Lipinski definition) is 0. The molecule has 0 spiro atoms. The lowest BCUT2D eigenvalue weighted by molar-refractivity contribution is 0.886. The van der Waals surface area contributed by atoms with Crippen molar-refractivity contribution in [2.45, 2.75) is 53.9 Å². The van der Waals surface area contributed by atoms with E-state index in [1.807, 2.05) is 19.9 Å². The Morgan fingerprint density at radius 1 is 0.786 bits per heavy atom. The van der Waals surface area contributed by atoms with Crippen molar-refractivity contribution in [3.05, 3.63) is 35.9 Å². The van der Waals surface area contributed by atoms with Gasteiger partial charge >= 0.3 is 0 Å². The van der Waals surface area contributed by atoms with Crippen LogP contribution in [-0.2, 0) is 6.42 Å². The van der Waals surface area contributed by atoms with Crippen LogP contribution in [-0.4, -0.2) is 0 Å². The first-order chi connectivity index (χ1) is 6.85.